The van der Waals surface area contributed by atoms with Gasteiger partial charge in [-0.2, -0.15) is 0 Å². The zero-order valence-corrected chi connectivity index (χ0v) is 19.9. The van der Waals surface area contributed by atoms with Crippen LogP contribution in [0.1, 0.15) is 66.4 Å². The fraction of sp³-hybridized carbons (Fsp3) is 0.600. The maximum Gasteiger partial charge on any atom is 0.333 e. The number of piperidine rings is 1. The molecule has 4 atom stereocenters. The summed E-state index contributed by atoms with van der Waals surface area (Å²) in [7, 11) is 0. The molecule has 1 heterocycles. The van der Waals surface area contributed by atoms with Gasteiger partial charge in [-0.05, 0) is 56.2 Å². The number of benzene rings is 1. The van der Waals surface area contributed by atoms with Crippen LogP contribution in [0.2, 0.25) is 0 Å². The number of carbonyl (C=O) groups is 4. The predicted octanol–water partition coefficient (Wildman–Crippen LogP) is 0.160. The maximum atomic E-state index is 12.5. The summed E-state index contributed by atoms with van der Waals surface area (Å²) in [5.41, 5.74) is 5.16. The summed E-state index contributed by atoms with van der Waals surface area (Å²) in [6.07, 6.45) is 2.21. The highest BCUT2D eigenvalue weighted by atomic mass is 16.4. The molecule has 36 heavy (non-hydrogen) atoms. The quantitative estimate of drug-likeness (QED) is 0.310. The molecule has 0 unspecified atom stereocenters. The number of carboxylic acid groups (broad SMARTS) is 2. The second-order valence-corrected chi connectivity index (χ2v) is 10.4. The van der Waals surface area contributed by atoms with Crippen molar-refractivity contribution in [1.82, 2.24) is 4.90 Å². The molecule has 3 fully saturated rings. The van der Waals surface area contributed by atoms with E-state index in [2.05, 4.69) is 4.90 Å². The third-order valence-corrected chi connectivity index (χ3v) is 8.19. The van der Waals surface area contributed by atoms with Crippen LogP contribution in [0.3, 0.4) is 0 Å². The van der Waals surface area contributed by atoms with Crippen molar-refractivity contribution in [2.75, 3.05) is 13.1 Å². The lowest BCUT2D eigenvalue weighted by molar-refractivity contribution is -0.173. The van der Waals surface area contributed by atoms with E-state index < -0.39 is 41.4 Å². The zero-order chi connectivity index (χ0) is 26.4. The van der Waals surface area contributed by atoms with Crippen molar-refractivity contribution in [3.05, 3.63) is 28.8 Å². The Balaban J connectivity index is 0.000000292. The minimum absolute atomic E-state index is 0.0497. The zero-order valence-electron chi connectivity index (χ0n) is 19.9. The summed E-state index contributed by atoms with van der Waals surface area (Å²) < 4.78 is 0. The van der Waals surface area contributed by atoms with Gasteiger partial charge in [-0.25, -0.2) is 4.79 Å². The molecular formula is C25H32N2O9. The molecule has 0 radical (unpaired) electrons. The summed E-state index contributed by atoms with van der Waals surface area (Å²) in [6, 6.07) is 3.37. The van der Waals surface area contributed by atoms with Crippen molar-refractivity contribution < 1.29 is 44.7 Å². The normalized spacial score (nSPS) is 29.7. The second-order valence-electron chi connectivity index (χ2n) is 10.4. The van der Waals surface area contributed by atoms with Crippen molar-refractivity contribution in [3.63, 3.8) is 0 Å². The van der Waals surface area contributed by atoms with E-state index in [0.29, 0.717) is 31.2 Å². The van der Waals surface area contributed by atoms with Crippen molar-refractivity contribution in [3.8, 4) is 5.75 Å². The Hall–Kier alpha value is -3.02. The van der Waals surface area contributed by atoms with E-state index in [1.807, 2.05) is 6.07 Å². The summed E-state index contributed by atoms with van der Waals surface area (Å²) in [5, 5.41) is 47.0. The first kappa shape index (κ1) is 26.1. The third-order valence-electron chi connectivity index (χ3n) is 8.19. The van der Waals surface area contributed by atoms with Crippen LogP contribution in [0.15, 0.2) is 12.1 Å². The summed E-state index contributed by atoms with van der Waals surface area (Å²) in [4.78, 5) is 46.1. The summed E-state index contributed by atoms with van der Waals surface area (Å²) >= 11 is 0. The number of hydrogen-bond donors (Lipinski definition) is 6. The first-order chi connectivity index (χ1) is 16.9. The molecule has 5 rings (SSSR count). The van der Waals surface area contributed by atoms with Crippen LogP contribution in [0.25, 0.3) is 0 Å². The van der Waals surface area contributed by atoms with Crippen LogP contribution >= 0.6 is 0 Å². The number of phenols is 1. The van der Waals surface area contributed by atoms with Gasteiger partial charge in [0.1, 0.15) is 11.5 Å². The number of carboxylic acids is 2. The van der Waals surface area contributed by atoms with Gasteiger partial charge in [0.2, 0.25) is 0 Å². The second kappa shape index (κ2) is 9.45. The Morgan fingerprint density at radius 3 is 2.42 bits per heavy atom. The van der Waals surface area contributed by atoms with E-state index in [-0.39, 0.29) is 29.6 Å². The molecular weight excluding hydrogens is 472 g/mol. The fourth-order valence-corrected chi connectivity index (χ4v) is 6.31. The Bertz CT molecular complexity index is 1100. The first-order valence-electron chi connectivity index (χ1n) is 12.2. The van der Waals surface area contributed by atoms with Gasteiger partial charge in [-0.1, -0.05) is 6.07 Å². The number of likely N-dealkylation sites (tertiary alicyclic amines) is 1. The largest absolute Gasteiger partial charge is 0.507 e. The number of hydrogen-bond acceptors (Lipinski definition) is 8. The number of aliphatic carboxylic acids is 2. The van der Waals surface area contributed by atoms with E-state index in [1.54, 1.807) is 6.07 Å². The molecule has 196 valence electrons. The lowest BCUT2D eigenvalue weighted by atomic mass is 9.49. The molecule has 3 aliphatic carbocycles. The summed E-state index contributed by atoms with van der Waals surface area (Å²) in [5.74, 6) is -2.83. The van der Waals surface area contributed by atoms with Crippen LogP contribution in [0.4, 0.5) is 0 Å². The van der Waals surface area contributed by atoms with Crippen molar-refractivity contribution >= 4 is 23.6 Å². The SMILES string of the molecule is NC(=O)c1ccc2c(c1O)[C@]13CCN(CC4CC4)[C@H](C2)[C@]1(O)CCC(=O)C3.O=C(O)C[C@H](O)C(=O)O. The van der Waals surface area contributed by atoms with Gasteiger partial charge in [-0.3, -0.25) is 19.3 Å². The highest BCUT2D eigenvalue weighted by Gasteiger charge is 2.65. The molecule has 0 aromatic heterocycles. The third kappa shape index (κ3) is 4.46. The van der Waals surface area contributed by atoms with Crippen LogP contribution in [-0.4, -0.2) is 84.9 Å². The van der Waals surface area contributed by atoms with Gasteiger partial charge in [0, 0.05) is 36.4 Å². The lowest BCUT2D eigenvalue weighted by Crippen LogP contribution is -2.73. The minimum Gasteiger partial charge on any atom is -0.507 e. The van der Waals surface area contributed by atoms with Crippen LogP contribution in [-0.2, 0) is 26.2 Å². The average molecular weight is 505 g/mol. The molecule has 11 heteroatoms. The van der Waals surface area contributed by atoms with E-state index >= 15 is 0 Å². The number of nitrogens with two attached hydrogens (primary N) is 1. The Labute approximate surface area is 207 Å². The number of ketones is 1. The van der Waals surface area contributed by atoms with Gasteiger partial charge >= 0.3 is 11.9 Å². The molecule has 1 amide bonds. The lowest BCUT2D eigenvalue weighted by Gasteiger charge is -2.63. The number of nitrogens with zero attached hydrogens (tertiary/aromatic N) is 1. The molecule has 7 N–H and O–H groups in total. The Kier molecular flexibility index (Phi) is 6.84. The Morgan fingerprint density at radius 2 is 1.86 bits per heavy atom. The number of primary amides is 1. The monoisotopic (exact) mass is 504 g/mol. The van der Waals surface area contributed by atoms with Crippen molar-refractivity contribution in [1.29, 1.82) is 0 Å². The van der Waals surface area contributed by atoms with Gasteiger partial charge in [0.25, 0.3) is 5.91 Å². The minimum atomic E-state index is -1.79. The van der Waals surface area contributed by atoms with E-state index in [0.717, 1.165) is 24.6 Å². The number of amides is 1. The number of fused-ring (bicyclic) bond motifs is 1. The molecule has 11 nitrogen and oxygen atoms in total. The van der Waals surface area contributed by atoms with Gasteiger partial charge in [0.05, 0.1) is 17.6 Å². The van der Waals surface area contributed by atoms with Crippen LogP contribution in [0.5, 0.6) is 5.75 Å². The molecule has 2 saturated carbocycles. The molecule has 1 aromatic carbocycles. The fourth-order valence-electron chi connectivity index (χ4n) is 6.31. The number of aliphatic hydroxyl groups is 2. The smallest absolute Gasteiger partial charge is 0.333 e. The van der Waals surface area contributed by atoms with Crippen molar-refractivity contribution in [2.24, 2.45) is 11.7 Å². The molecule has 1 aliphatic heterocycles. The predicted molar refractivity (Wildman–Crippen MR) is 124 cm³/mol. The first-order valence-corrected chi connectivity index (χ1v) is 12.2. The number of rotatable bonds is 6. The number of carbonyl (C=O) groups excluding carboxylic acids is 2. The standard InChI is InChI=1S/C21H26N2O4.C4H6O5/c22-19(26)15-4-3-13-9-16-21(27)6-5-14(24)10-20(21,17(13)18(15)25)7-8-23(16)11-12-1-2-12;5-2(4(8)9)1-3(6)7/h3-4,12,16,25,27H,1-2,5-11H2,(H2,22,26);2,5H,1H2,(H,6,7)(H,8,9)/t16-,20-,21-;2-/m10/s1. The van der Waals surface area contributed by atoms with Gasteiger partial charge in [-0.15, -0.1) is 0 Å². The molecule has 1 saturated heterocycles. The topological polar surface area (TPSA) is 199 Å². The van der Waals surface area contributed by atoms with Gasteiger partial charge in [0.15, 0.2) is 6.10 Å². The number of Topliss-reactive ketones (excluding diaryl/α,β-unsaturated/α-hetero) is 1. The van der Waals surface area contributed by atoms with Gasteiger partial charge < -0.3 is 31.3 Å². The number of aliphatic hydroxyl groups excluding tert-OH is 1. The number of aromatic hydroxyl groups is 1. The van der Waals surface area contributed by atoms with E-state index in [1.165, 1.54) is 12.8 Å². The Morgan fingerprint density at radius 1 is 1.17 bits per heavy atom. The molecule has 1 aromatic rings. The van der Waals surface area contributed by atoms with E-state index in [9.17, 15) is 29.4 Å². The van der Waals surface area contributed by atoms with E-state index in [4.69, 9.17) is 21.1 Å². The highest BCUT2D eigenvalue weighted by molar-refractivity contribution is 5.96. The highest BCUT2D eigenvalue weighted by Crippen LogP contribution is 2.60. The molecule has 0 spiro atoms. The maximum absolute atomic E-state index is 12.5. The molecule has 4 aliphatic rings. The molecule has 2 bridgehead atoms. The van der Waals surface area contributed by atoms with Crippen molar-refractivity contribution in [2.45, 2.75) is 74.5 Å². The van der Waals surface area contributed by atoms with Crippen LogP contribution in [0, 0.1) is 5.92 Å². The average Bonchev–Trinajstić information content (AvgIpc) is 3.60. The summed E-state index contributed by atoms with van der Waals surface area (Å²) in [6.45, 7) is 1.80. The van der Waals surface area contributed by atoms with Crippen LogP contribution < -0.4 is 5.73 Å².